The summed E-state index contributed by atoms with van der Waals surface area (Å²) in [6, 6.07) is 2.36. The molecule has 1 aromatic rings. The second-order valence-corrected chi connectivity index (χ2v) is 6.55. The number of nitrogens with two attached hydrogens (primary N) is 1. The van der Waals surface area contributed by atoms with Gasteiger partial charge in [-0.1, -0.05) is 20.3 Å². The summed E-state index contributed by atoms with van der Waals surface area (Å²) in [4.78, 5) is 1.34. The molecule has 0 radical (unpaired) electrons. The molecule has 2 unspecified atom stereocenters. The van der Waals surface area contributed by atoms with Crippen molar-refractivity contribution in [2.45, 2.75) is 39.7 Å². The van der Waals surface area contributed by atoms with E-state index < -0.39 is 0 Å². The van der Waals surface area contributed by atoms with Gasteiger partial charge in [0.15, 0.2) is 0 Å². The Morgan fingerprint density at radius 3 is 2.64 bits per heavy atom. The van der Waals surface area contributed by atoms with Gasteiger partial charge in [0.25, 0.3) is 0 Å². The van der Waals surface area contributed by atoms with E-state index in [1.807, 2.05) is 0 Å². The zero-order chi connectivity index (χ0) is 10.7. The van der Waals surface area contributed by atoms with E-state index in [2.05, 4.69) is 42.8 Å². The molecule has 80 valence electrons. The summed E-state index contributed by atoms with van der Waals surface area (Å²) < 4.78 is 1.18. The number of rotatable bonds is 4. The summed E-state index contributed by atoms with van der Waals surface area (Å²) in [5, 5.41) is 0. The van der Waals surface area contributed by atoms with Crippen LogP contribution in [-0.4, -0.2) is 0 Å². The zero-order valence-corrected chi connectivity index (χ0v) is 11.4. The summed E-state index contributed by atoms with van der Waals surface area (Å²) in [6.45, 7) is 6.62. The van der Waals surface area contributed by atoms with Crippen LogP contribution in [0.4, 0.5) is 0 Å². The highest BCUT2D eigenvalue weighted by atomic mass is 79.9. The predicted octanol–water partition coefficient (Wildman–Crippen LogP) is 4.26. The van der Waals surface area contributed by atoms with Crippen LogP contribution in [0.5, 0.6) is 0 Å². The fraction of sp³-hybridized carbons (Fsp3) is 0.636. The van der Waals surface area contributed by atoms with Crippen molar-refractivity contribution in [3.8, 4) is 0 Å². The van der Waals surface area contributed by atoms with E-state index in [-0.39, 0.29) is 6.04 Å². The van der Waals surface area contributed by atoms with Crippen LogP contribution in [0.3, 0.4) is 0 Å². The molecule has 0 aromatic carbocycles. The lowest BCUT2D eigenvalue weighted by Crippen LogP contribution is -2.13. The highest BCUT2D eigenvalue weighted by molar-refractivity contribution is 9.11. The van der Waals surface area contributed by atoms with E-state index in [1.165, 1.54) is 20.6 Å². The van der Waals surface area contributed by atoms with Crippen LogP contribution in [0.2, 0.25) is 0 Å². The van der Waals surface area contributed by atoms with Crippen LogP contribution in [0.1, 0.15) is 43.2 Å². The first-order valence-corrected chi connectivity index (χ1v) is 6.67. The summed E-state index contributed by atoms with van der Waals surface area (Å²) in [5.74, 6) is 0.711. The molecule has 0 amide bonds. The molecule has 0 bridgehead atoms. The smallest absolute Gasteiger partial charge is 0.0704 e. The lowest BCUT2D eigenvalue weighted by atomic mass is 9.95. The lowest BCUT2D eigenvalue weighted by molar-refractivity contribution is 0.461. The Labute approximate surface area is 98.8 Å². The Balaban J connectivity index is 2.69. The summed E-state index contributed by atoms with van der Waals surface area (Å²) in [7, 11) is 0. The number of hydrogen-bond donors (Lipinski definition) is 1. The molecule has 1 rings (SSSR count). The standard InChI is InChI=1S/C11H18BrNS/c1-4-7(2)5-10(13)9-6-11(12)14-8(9)3/h6-7,10H,4-5,13H2,1-3H3. The van der Waals surface area contributed by atoms with Crippen molar-refractivity contribution in [1.82, 2.24) is 0 Å². The van der Waals surface area contributed by atoms with Crippen LogP contribution in [0.25, 0.3) is 0 Å². The number of aryl methyl sites for hydroxylation is 1. The predicted molar refractivity (Wildman–Crippen MR) is 67.8 cm³/mol. The SMILES string of the molecule is CCC(C)CC(N)c1cc(Br)sc1C. The first-order valence-electron chi connectivity index (χ1n) is 5.06. The van der Waals surface area contributed by atoms with E-state index >= 15 is 0 Å². The van der Waals surface area contributed by atoms with Gasteiger partial charge in [0.1, 0.15) is 0 Å². The van der Waals surface area contributed by atoms with E-state index in [1.54, 1.807) is 11.3 Å². The Hall–Kier alpha value is 0.140. The number of hydrogen-bond acceptors (Lipinski definition) is 2. The van der Waals surface area contributed by atoms with Crippen molar-refractivity contribution >= 4 is 27.3 Å². The number of thiophene rings is 1. The van der Waals surface area contributed by atoms with Crippen molar-refractivity contribution in [2.75, 3.05) is 0 Å². The monoisotopic (exact) mass is 275 g/mol. The minimum absolute atomic E-state index is 0.201. The minimum atomic E-state index is 0.201. The topological polar surface area (TPSA) is 26.0 Å². The van der Waals surface area contributed by atoms with Gasteiger partial charge < -0.3 is 5.73 Å². The van der Waals surface area contributed by atoms with Gasteiger partial charge >= 0.3 is 0 Å². The third kappa shape index (κ3) is 3.07. The van der Waals surface area contributed by atoms with Crippen molar-refractivity contribution in [3.63, 3.8) is 0 Å². The molecular formula is C11H18BrNS. The second-order valence-electron chi connectivity index (χ2n) is 3.92. The van der Waals surface area contributed by atoms with Gasteiger partial charge in [-0.15, -0.1) is 11.3 Å². The van der Waals surface area contributed by atoms with Gasteiger partial charge in [-0.25, -0.2) is 0 Å². The highest BCUT2D eigenvalue weighted by Crippen LogP contribution is 2.32. The Morgan fingerprint density at radius 2 is 2.21 bits per heavy atom. The molecule has 1 nitrogen and oxygen atoms in total. The fourth-order valence-electron chi connectivity index (χ4n) is 1.55. The van der Waals surface area contributed by atoms with Crippen molar-refractivity contribution in [1.29, 1.82) is 0 Å². The third-order valence-corrected chi connectivity index (χ3v) is 4.25. The molecule has 1 aromatic heterocycles. The van der Waals surface area contributed by atoms with Gasteiger partial charge in [-0.3, -0.25) is 0 Å². The van der Waals surface area contributed by atoms with Crippen LogP contribution < -0.4 is 5.73 Å². The summed E-state index contributed by atoms with van der Waals surface area (Å²) in [6.07, 6.45) is 2.29. The maximum Gasteiger partial charge on any atom is 0.0704 e. The molecule has 0 saturated heterocycles. The van der Waals surface area contributed by atoms with E-state index in [9.17, 15) is 0 Å². The van der Waals surface area contributed by atoms with Crippen molar-refractivity contribution in [3.05, 3.63) is 20.3 Å². The Morgan fingerprint density at radius 1 is 1.57 bits per heavy atom. The lowest BCUT2D eigenvalue weighted by Gasteiger charge is -2.15. The summed E-state index contributed by atoms with van der Waals surface area (Å²) in [5.41, 5.74) is 7.48. The second kappa shape index (κ2) is 5.29. The molecule has 2 atom stereocenters. The van der Waals surface area contributed by atoms with Crippen LogP contribution in [-0.2, 0) is 0 Å². The Kier molecular flexibility index (Phi) is 4.61. The first kappa shape index (κ1) is 12.2. The van der Waals surface area contributed by atoms with Crippen LogP contribution >= 0.6 is 27.3 Å². The molecule has 3 heteroatoms. The van der Waals surface area contributed by atoms with E-state index in [0.29, 0.717) is 5.92 Å². The zero-order valence-electron chi connectivity index (χ0n) is 9.01. The van der Waals surface area contributed by atoms with E-state index in [0.717, 1.165) is 6.42 Å². The van der Waals surface area contributed by atoms with Crippen LogP contribution in [0, 0.1) is 12.8 Å². The van der Waals surface area contributed by atoms with Crippen molar-refractivity contribution in [2.24, 2.45) is 11.7 Å². The van der Waals surface area contributed by atoms with E-state index in [4.69, 9.17) is 5.73 Å². The fourth-order valence-corrected chi connectivity index (χ4v) is 3.34. The van der Waals surface area contributed by atoms with Gasteiger partial charge in [-0.05, 0) is 46.8 Å². The first-order chi connectivity index (χ1) is 6.54. The molecular weight excluding hydrogens is 258 g/mol. The molecule has 0 saturated carbocycles. The maximum atomic E-state index is 6.17. The van der Waals surface area contributed by atoms with Gasteiger partial charge in [0.05, 0.1) is 3.79 Å². The maximum absolute atomic E-state index is 6.17. The molecule has 0 aliphatic carbocycles. The molecule has 2 N–H and O–H groups in total. The van der Waals surface area contributed by atoms with Gasteiger partial charge in [0.2, 0.25) is 0 Å². The molecule has 1 heterocycles. The minimum Gasteiger partial charge on any atom is -0.324 e. The molecule has 14 heavy (non-hydrogen) atoms. The number of halogens is 1. The summed E-state index contributed by atoms with van der Waals surface area (Å²) >= 11 is 5.27. The van der Waals surface area contributed by atoms with Gasteiger partial charge in [-0.2, -0.15) is 0 Å². The molecule has 0 spiro atoms. The highest BCUT2D eigenvalue weighted by Gasteiger charge is 2.14. The largest absolute Gasteiger partial charge is 0.324 e. The average Bonchev–Trinajstić information content (AvgIpc) is 2.45. The molecule has 0 fully saturated rings. The van der Waals surface area contributed by atoms with Crippen LogP contribution in [0.15, 0.2) is 9.85 Å². The average molecular weight is 276 g/mol. The normalized spacial score (nSPS) is 15.5. The third-order valence-electron chi connectivity index (χ3n) is 2.68. The van der Waals surface area contributed by atoms with Gasteiger partial charge in [0, 0.05) is 10.9 Å². The molecule has 0 aliphatic rings. The quantitative estimate of drug-likeness (QED) is 0.873. The Bertz CT molecular complexity index is 295. The van der Waals surface area contributed by atoms with Crippen molar-refractivity contribution < 1.29 is 0 Å². The molecule has 0 aliphatic heterocycles.